The van der Waals surface area contributed by atoms with Crippen molar-refractivity contribution in [2.75, 3.05) is 13.1 Å². The second-order valence-corrected chi connectivity index (χ2v) is 3.44. The molecule has 1 aromatic rings. The molecule has 0 atom stereocenters. The number of aryl methyl sites for hydroxylation is 1. The molecule has 82 valence electrons. The van der Waals surface area contributed by atoms with Crippen LogP contribution in [0.3, 0.4) is 0 Å². The molecule has 0 saturated carbocycles. The van der Waals surface area contributed by atoms with E-state index in [2.05, 4.69) is 16.5 Å². The molecule has 1 fully saturated rings. The Kier molecular flexibility index (Phi) is 6.16. The first-order valence-electron chi connectivity index (χ1n) is 4.56. The molecular formula is C9H17Cl2N3. The number of hydrogen-bond donors (Lipinski definition) is 1. The molecule has 14 heavy (non-hydrogen) atoms. The largest absolute Gasteiger partial charge is 0.317 e. The first-order valence-corrected chi connectivity index (χ1v) is 4.56. The molecule has 1 aromatic heterocycles. The van der Waals surface area contributed by atoms with Crippen molar-refractivity contribution in [2.45, 2.75) is 18.8 Å². The molecule has 5 heteroatoms. The van der Waals surface area contributed by atoms with Gasteiger partial charge in [-0.2, -0.15) is 5.10 Å². The number of hydrogen-bond acceptors (Lipinski definition) is 2. The summed E-state index contributed by atoms with van der Waals surface area (Å²) in [5, 5.41) is 7.78. The van der Waals surface area contributed by atoms with E-state index < -0.39 is 0 Å². The van der Waals surface area contributed by atoms with Crippen molar-refractivity contribution in [3.63, 3.8) is 0 Å². The highest BCUT2D eigenvalue weighted by atomic mass is 35.5. The summed E-state index contributed by atoms with van der Waals surface area (Å²) in [7, 11) is 1.98. The summed E-state index contributed by atoms with van der Waals surface area (Å²) < 4.78 is 1.89. The highest BCUT2D eigenvalue weighted by Gasteiger charge is 2.16. The highest BCUT2D eigenvalue weighted by Crippen LogP contribution is 2.22. The van der Waals surface area contributed by atoms with Crippen molar-refractivity contribution in [1.29, 1.82) is 0 Å². The van der Waals surface area contributed by atoms with Gasteiger partial charge < -0.3 is 5.32 Å². The Balaban J connectivity index is 0.000000845. The van der Waals surface area contributed by atoms with Gasteiger partial charge in [0.1, 0.15) is 0 Å². The summed E-state index contributed by atoms with van der Waals surface area (Å²) in [4.78, 5) is 0. The average Bonchev–Trinajstić information content (AvgIpc) is 2.54. The van der Waals surface area contributed by atoms with Gasteiger partial charge >= 0.3 is 0 Å². The quantitative estimate of drug-likeness (QED) is 0.807. The Bertz CT molecular complexity index is 256. The standard InChI is InChI=1S/C9H15N3.2ClH/c1-12-7-4-9(11-12)8-2-5-10-6-3-8;;/h4,7-8,10H,2-3,5-6H2,1H3;2*1H. The number of nitrogens with one attached hydrogen (secondary N) is 1. The third-order valence-corrected chi connectivity index (χ3v) is 2.49. The van der Waals surface area contributed by atoms with Crippen LogP contribution in [0.15, 0.2) is 12.3 Å². The number of rotatable bonds is 1. The minimum absolute atomic E-state index is 0. The van der Waals surface area contributed by atoms with Crippen LogP contribution in [0.1, 0.15) is 24.5 Å². The van der Waals surface area contributed by atoms with Crippen LogP contribution in [-0.4, -0.2) is 22.9 Å². The predicted octanol–water partition coefficient (Wildman–Crippen LogP) is 1.73. The van der Waals surface area contributed by atoms with Crippen LogP contribution in [0.25, 0.3) is 0 Å². The molecule has 2 rings (SSSR count). The molecule has 1 N–H and O–H groups in total. The topological polar surface area (TPSA) is 29.9 Å². The van der Waals surface area contributed by atoms with Gasteiger partial charge in [0.2, 0.25) is 0 Å². The van der Waals surface area contributed by atoms with E-state index in [4.69, 9.17) is 0 Å². The summed E-state index contributed by atoms with van der Waals surface area (Å²) in [6, 6.07) is 2.13. The maximum Gasteiger partial charge on any atom is 0.0656 e. The lowest BCUT2D eigenvalue weighted by Crippen LogP contribution is -2.26. The summed E-state index contributed by atoms with van der Waals surface area (Å²) in [5.74, 6) is 0.687. The SMILES string of the molecule is Cl.Cl.Cn1ccc(C2CCNCC2)n1. The molecule has 0 aliphatic carbocycles. The van der Waals surface area contributed by atoms with E-state index in [1.165, 1.54) is 18.5 Å². The third-order valence-electron chi connectivity index (χ3n) is 2.49. The Morgan fingerprint density at radius 1 is 1.36 bits per heavy atom. The Morgan fingerprint density at radius 2 is 2.00 bits per heavy atom. The van der Waals surface area contributed by atoms with E-state index in [0.717, 1.165) is 13.1 Å². The number of nitrogens with zero attached hydrogens (tertiary/aromatic N) is 2. The zero-order valence-electron chi connectivity index (χ0n) is 8.27. The van der Waals surface area contributed by atoms with Gasteiger partial charge in [0.25, 0.3) is 0 Å². The van der Waals surface area contributed by atoms with Crippen molar-refractivity contribution >= 4 is 24.8 Å². The maximum atomic E-state index is 4.42. The molecule has 1 aliphatic rings. The molecule has 3 nitrogen and oxygen atoms in total. The predicted molar refractivity (Wildman–Crippen MR) is 62.5 cm³/mol. The summed E-state index contributed by atoms with van der Waals surface area (Å²) in [5.41, 5.74) is 1.26. The fourth-order valence-corrected chi connectivity index (χ4v) is 1.77. The van der Waals surface area contributed by atoms with Gasteiger partial charge in [0, 0.05) is 19.2 Å². The van der Waals surface area contributed by atoms with Gasteiger partial charge in [0.15, 0.2) is 0 Å². The number of halogens is 2. The Morgan fingerprint density at radius 3 is 2.50 bits per heavy atom. The van der Waals surface area contributed by atoms with Crippen LogP contribution in [0.2, 0.25) is 0 Å². The molecule has 0 amide bonds. The van der Waals surface area contributed by atoms with Crippen LogP contribution in [0.5, 0.6) is 0 Å². The van der Waals surface area contributed by atoms with Crippen LogP contribution in [0.4, 0.5) is 0 Å². The first-order chi connectivity index (χ1) is 5.86. The molecule has 0 spiro atoms. The fourth-order valence-electron chi connectivity index (χ4n) is 1.77. The highest BCUT2D eigenvalue weighted by molar-refractivity contribution is 5.85. The van der Waals surface area contributed by atoms with Gasteiger partial charge in [-0.3, -0.25) is 4.68 Å². The first kappa shape index (κ1) is 13.8. The fraction of sp³-hybridized carbons (Fsp3) is 0.667. The Labute approximate surface area is 97.1 Å². The molecule has 0 bridgehead atoms. The van der Waals surface area contributed by atoms with Gasteiger partial charge in [0.05, 0.1) is 5.69 Å². The zero-order chi connectivity index (χ0) is 8.39. The van der Waals surface area contributed by atoms with E-state index in [0.29, 0.717) is 5.92 Å². The lowest BCUT2D eigenvalue weighted by Gasteiger charge is -2.20. The second-order valence-electron chi connectivity index (χ2n) is 3.44. The smallest absolute Gasteiger partial charge is 0.0656 e. The van der Waals surface area contributed by atoms with Crippen LogP contribution < -0.4 is 5.32 Å². The van der Waals surface area contributed by atoms with Crippen LogP contribution in [-0.2, 0) is 7.05 Å². The molecule has 1 saturated heterocycles. The summed E-state index contributed by atoms with van der Waals surface area (Å²) in [6.45, 7) is 2.28. The minimum Gasteiger partial charge on any atom is -0.317 e. The molecular weight excluding hydrogens is 221 g/mol. The van der Waals surface area contributed by atoms with Gasteiger partial charge in [-0.15, -0.1) is 24.8 Å². The number of aromatic nitrogens is 2. The lowest BCUT2D eigenvalue weighted by molar-refractivity contribution is 0.450. The van der Waals surface area contributed by atoms with Crippen molar-refractivity contribution in [3.05, 3.63) is 18.0 Å². The summed E-state index contributed by atoms with van der Waals surface area (Å²) in [6.07, 6.45) is 4.49. The number of piperidine rings is 1. The van der Waals surface area contributed by atoms with Gasteiger partial charge in [-0.25, -0.2) is 0 Å². The third kappa shape index (κ3) is 3.15. The average molecular weight is 238 g/mol. The van der Waals surface area contributed by atoms with E-state index in [-0.39, 0.29) is 24.8 Å². The van der Waals surface area contributed by atoms with E-state index in [1.807, 2.05) is 17.9 Å². The van der Waals surface area contributed by atoms with Crippen molar-refractivity contribution in [3.8, 4) is 0 Å². The zero-order valence-corrected chi connectivity index (χ0v) is 9.90. The normalized spacial score (nSPS) is 16.9. The summed E-state index contributed by atoms with van der Waals surface area (Å²) >= 11 is 0. The maximum absolute atomic E-state index is 4.42. The molecule has 0 unspecified atom stereocenters. The minimum atomic E-state index is 0. The van der Waals surface area contributed by atoms with Crippen molar-refractivity contribution in [1.82, 2.24) is 15.1 Å². The van der Waals surface area contributed by atoms with E-state index in [1.54, 1.807) is 0 Å². The van der Waals surface area contributed by atoms with Gasteiger partial charge in [-0.1, -0.05) is 0 Å². The Hall–Kier alpha value is -0.250. The molecule has 2 heterocycles. The van der Waals surface area contributed by atoms with E-state index >= 15 is 0 Å². The van der Waals surface area contributed by atoms with Crippen LogP contribution in [0, 0.1) is 0 Å². The van der Waals surface area contributed by atoms with Crippen LogP contribution >= 0.6 is 24.8 Å². The molecule has 0 aromatic carbocycles. The van der Waals surface area contributed by atoms with E-state index in [9.17, 15) is 0 Å². The second kappa shape index (κ2) is 6.27. The monoisotopic (exact) mass is 237 g/mol. The molecule has 1 aliphatic heterocycles. The van der Waals surface area contributed by atoms with Crippen molar-refractivity contribution in [2.24, 2.45) is 7.05 Å². The lowest BCUT2D eigenvalue weighted by atomic mass is 9.95. The molecule has 0 radical (unpaired) electrons. The van der Waals surface area contributed by atoms with Crippen molar-refractivity contribution < 1.29 is 0 Å². The van der Waals surface area contributed by atoms with Gasteiger partial charge in [-0.05, 0) is 32.0 Å².